The van der Waals surface area contributed by atoms with Crippen LogP contribution in [0.2, 0.25) is 0 Å². The van der Waals surface area contributed by atoms with Crippen LogP contribution in [0.1, 0.15) is 47.0 Å². The quantitative estimate of drug-likeness (QED) is 0.613. The normalized spacial score (nSPS) is 15.3. The van der Waals surface area contributed by atoms with Crippen LogP contribution in [0.15, 0.2) is 0 Å². The summed E-state index contributed by atoms with van der Waals surface area (Å²) in [5.74, 6) is 0. The maximum absolute atomic E-state index is 3.59. The Bertz CT molecular complexity index is 183. The van der Waals surface area contributed by atoms with Crippen molar-refractivity contribution in [1.29, 1.82) is 0 Å². The zero-order valence-corrected chi connectivity index (χ0v) is 13.5. The molecular weight excluding hydrogens is 222 g/mol. The second-order valence-corrected chi connectivity index (χ2v) is 5.78. The van der Waals surface area contributed by atoms with Gasteiger partial charge in [0.15, 0.2) is 0 Å². The van der Waals surface area contributed by atoms with Crippen LogP contribution in [-0.2, 0) is 0 Å². The number of nitrogens with one attached hydrogen (secondary N) is 1. The van der Waals surface area contributed by atoms with Crippen LogP contribution >= 0.6 is 0 Å². The Hall–Kier alpha value is -0.120. The Morgan fingerprint density at radius 1 is 0.944 bits per heavy atom. The van der Waals surface area contributed by atoms with Crippen LogP contribution < -0.4 is 5.32 Å². The molecule has 0 amide bonds. The van der Waals surface area contributed by atoms with Gasteiger partial charge in [0.2, 0.25) is 0 Å². The first kappa shape index (κ1) is 17.9. The maximum Gasteiger partial charge on any atom is 0.0112 e. The first-order valence-corrected chi connectivity index (χ1v) is 7.63. The molecule has 0 rings (SSSR count). The highest BCUT2D eigenvalue weighted by Crippen LogP contribution is 2.08. The maximum atomic E-state index is 3.59. The molecule has 1 N–H and O–H groups in total. The Balaban J connectivity index is 4.06. The molecule has 2 atom stereocenters. The van der Waals surface area contributed by atoms with Gasteiger partial charge in [-0.2, -0.15) is 0 Å². The summed E-state index contributed by atoms with van der Waals surface area (Å²) < 4.78 is 0. The molecular formula is C15H35N3. The largest absolute Gasteiger partial charge is 0.314 e. The van der Waals surface area contributed by atoms with E-state index in [-0.39, 0.29) is 0 Å². The molecule has 0 heterocycles. The fourth-order valence-corrected chi connectivity index (χ4v) is 2.30. The van der Waals surface area contributed by atoms with Gasteiger partial charge in [0.25, 0.3) is 0 Å². The SMILES string of the molecule is CCCNC(C)CC(C)N(CCC)CCN(C)C. The van der Waals surface area contributed by atoms with Gasteiger partial charge in [-0.3, -0.25) is 4.90 Å². The number of hydrogen-bond donors (Lipinski definition) is 1. The van der Waals surface area contributed by atoms with Crippen molar-refractivity contribution in [2.75, 3.05) is 40.3 Å². The van der Waals surface area contributed by atoms with Crippen molar-refractivity contribution in [2.45, 2.75) is 59.0 Å². The van der Waals surface area contributed by atoms with Gasteiger partial charge in [-0.05, 0) is 60.3 Å². The third kappa shape index (κ3) is 8.90. The molecule has 3 nitrogen and oxygen atoms in total. The molecule has 110 valence electrons. The minimum Gasteiger partial charge on any atom is -0.314 e. The van der Waals surface area contributed by atoms with Crippen LogP contribution in [-0.4, -0.2) is 62.2 Å². The molecule has 0 aliphatic heterocycles. The van der Waals surface area contributed by atoms with Crippen molar-refractivity contribution < 1.29 is 0 Å². The monoisotopic (exact) mass is 257 g/mol. The van der Waals surface area contributed by atoms with Gasteiger partial charge in [0.1, 0.15) is 0 Å². The highest BCUT2D eigenvalue weighted by molar-refractivity contribution is 4.73. The van der Waals surface area contributed by atoms with E-state index in [9.17, 15) is 0 Å². The average Bonchev–Trinajstić information content (AvgIpc) is 2.31. The molecule has 0 aliphatic carbocycles. The third-order valence-electron chi connectivity index (χ3n) is 3.41. The lowest BCUT2D eigenvalue weighted by molar-refractivity contribution is 0.172. The summed E-state index contributed by atoms with van der Waals surface area (Å²) in [4.78, 5) is 4.90. The van der Waals surface area contributed by atoms with Crippen LogP contribution in [0.4, 0.5) is 0 Å². The molecule has 0 aromatic rings. The van der Waals surface area contributed by atoms with E-state index in [4.69, 9.17) is 0 Å². The molecule has 0 saturated heterocycles. The third-order valence-corrected chi connectivity index (χ3v) is 3.41. The Morgan fingerprint density at radius 3 is 2.11 bits per heavy atom. The summed E-state index contributed by atoms with van der Waals surface area (Å²) >= 11 is 0. The molecule has 0 saturated carbocycles. The van der Waals surface area contributed by atoms with Gasteiger partial charge < -0.3 is 10.2 Å². The summed E-state index contributed by atoms with van der Waals surface area (Å²) in [5, 5.41) is 3.59. The van der Waals surface area contributed by atoms with Crippen molar-refractivity contribution in [1.82, 2.24) is 15.1 Å². The van der Waals surface area contributed by atoms with E-state index < -0.39 is 0 Å². The molecule has 0 fully saturated rings. The van der Waals surface area contributed by atoms with Gasteiger partial charge in [-0.25, -0.2) is 0 Å². The van der Waals surface area contributed by atoms with E-state index in [1.54, 1.807) is 0 Å². The zero-order valence-electron chi connectivity index (χ0n) is 13.5. The van der Waals surface area contributed by atoms with E-state index in [1.165, 1.54) is 32.4 Å². The molecule has 3 heteroatoms. The van der Waals surface area contributed by atoms with Gasteiger partial charge in [0, 0.05) is 25.2 Å². The van der Waals surface area contributed by atoms with E-state index in [0.29, 0.717) is 12.1 Å². The lowest BCUT2D eigenvalue weighted by atomic mass is 10.1. The molecule has 0 aromatic carbocycles. The van der Waals surface area contributed by atoms with Crippen molar-refractivity contribution in [2.24, 2.45) is 0 Å². The molecule has 18 heavy (non-hydrogen) atoms. The first-order chi connectivity index (χ1) is 8.51. The van der Waals surface area contributed by atoms with Gasteiger partial charge in [-0.15, -0.1) is 0 Å². The smallest absolute Gasteiger partial charge is 0.0112 e. The minimum atomic E-state index is 0.624. The Morgan fingerprint density at radius 2 is 1.61 bits per heavy atom. The fraction of sp³-hybridized carbons (Fsp3) is 1.00. The molecule has 0 bridgehead atoms. The van der Waals surface area contributed by atoms with E-state index in [1.807, 2.05) is 0 Å². The van der Waals surface area contributed by atoms with Gasteiger partial charge >= 0.3 is 0 Å². The second kappa shape index (κ2) is 10.8. The highest BCUT2D eigenvalue weighted by Gasteiger charge is 2.15. The summed E-state index contributed by atoms with van der Waals surface area (Å²) in [7, 11) is 4.31. The van der Waals surface area contributed by atoms with Crippen LogP contribution in [0.25, 0.3) is 0 Å². The van der Waals surface area contributed by atoms with Gasteiger partial charge in [0.05, 0.1) is 0 Å². The van der Waals surface area contributed by atoms with E-state index in [2.05, 4.69) is 56.9 Å². The summed E-state index contributed by atoms with van der Waals surface area (Å²) in [6, 6.07) is 1.29. The Kier molecular flexibility index (Phi) is 10.7. The molecule has 0 radical (unpaired) electrons. The predicted octanol–water partition coefficient (Wildman–Crippen LogP) is 2.43. The number of rotatable bonds is 11. The summed E-state index contributed by atoms with van der Waals surface area (Å²) in [5.41, 5.74) is 0. The van der Waals surface area contributed by atoms with Crippen molar-refractivity contribution >= 4 is 0 Å². The minimum absolute atomic E-state index is 0.624. The Labute approximate surface area is 115 Å². The predicted molar refractivity (Wildman–Crippen MR) is 82.3 cm³/mol. The average molecular weight is 257 g/mol. The first-order valence-electron chi connectivity index (χ1n) is 7.63. The molecule has 0 aliphatic rings. The number of hydrogen-bond acceptors (Lipinski definition) is 3. The number of nitrogens with zero attached hydrogens (tertiary/aromatic N) is 2. The topological polar surface area (TPSA) is 18.5 Å². The molecule has 2 unspecified atom stereocenters. The summed E-state index contributed by atoms with van der Waals surface area (Å²) in [6.45, 7) is 13.9. The van der Waals surface area contributed by atoms with Crippen LogP contribution in [0.3, 0.4) is 0 Å². The van der Waals surface area contributed by atoms with Crippen molar-refractivity contribution in [3.63, 3.8) is 0 Å². The lowest BCUT2D eigenvalue weighted by Gasteiger charge is -2.31. The van der Waals surface area contributed by atoms with E-state index >= 15 is 0 Å². The fourth-order valence-electron chi connectivity index (χ4n) is 2.30. The standard InChI is InChI=1S/C15H35N3/c1-7-9-16-14(3)13-15(4)18(10-8-2)12-11-17(5)6/h14-16H,7-13H2,1-6H3. The molecule has 0 spiro atoms. The van der Waals surface area contributed by atoms with Crippen LogP contribution in [0.5, 0.6) is 0 Å². The zero-order chi connectivity index (χ0) is 14.0. The lowest BCUT2D eigenvalue weighted by Crippen LogP contribution is -2.42. The van der Waals surface area contributed by atoms with Crippen molar-refractivity contribution in [3.8, 4) is 0 Å². The number of likely N-dealkylation sites (N-methyl/N-ethyl adjacent to an activating group) is 1. The highest BCUT2D eigenvalue weighted by atomic mass is 15.2. The van der Waals surface area contributed by atoms with Crippen molar-refractivity contribution in [3.05, 3.63) is 0 Å². The molecule has 0 aromatic heterocycles. The van der Waals surface area contributed by atoms with Crippen LogP contribution in [0, 0.1) is 0 Å². The second-order valence-electron chi connectivity index (χ2n) is 5.78. The summed E-state index contributed by atoms with van der Waals surface area (Å²) in [6.07, 6.45) is 3.71. The van der Waals surface area contributed by atoms with E-state index in [0.717, 1.165) is 13.1 Å². The van der Waals surface area contributed by atoms with Gasteiger partial charge in [-0.1, -0.05) is 13.8 Å².